The van der Waals surface area contributed by atoms with E-state index in [1.165, 1.54) is 11.1 Å². The standard InChI is InChI=1S/C10H11N.ClH/c1-8-10-5-3-2-4-9(10)6-7-11-8;/h2-8,11H,1H3;1H. The Hall–Kier alpha value is -0.950. The molecule has 0 saturated heterocycles. The van der Waals surface area contributed by atoms with Gasteiger partial charge in [-0.05, 0) is 30.3 Å². The summed E-state index contributed by atoms with van der Waals surface area (Å²) in [6.07, 6.45) is 4.11. The molecule has 2 heteroatoms. The number of hydrogen-bond acceptors (Lipinski definition) is 1. The van der Waals surface area contributed by atoms with Crippen LogP contribution in [0.5, 0.6) is 0 Å². The Morgan fingerprint density at radius 2 is 2.00 bits per heavy atom. The van der Waals surface area contributed by atoms with E-state index < -0.39 is 0 Å². The maximum absolute atomic E-state index is 3.26. The molecule has 1 heterocycles. The van der Waals surface area contributed by atoms with Gasteiger partial charge in [0.25, 0.3) is 0 Å². The highest BCUT2D eigenvalue weighted by Crippen LogP contribution is 2.21. The third kappa shape index (κ3) is 1.46. The first-order valence-corrected chi connectivity index (χ1v) is 3.89. The van der Waals surface area contributed by atoms with Gasteiger partial charge in [-0.1, -0.05) is 24.3 Å². The third-order valence-corrected chi connectivity index (χ3v) is 2.07. The van der Waals surface area contributed by atoms with Crippen LogP contribution in [0.1, 0.15) is 24.1 Å². The second-order valence-corrected chi connectivity index (χ2v) is 2.85. The molecule has 1 aromatic rings. The summed E-state index contributed by atoms with van der Waals surface area (Å²) in [6.45, 7) is 2.17. The van der Waals surface area contributed by atoms with Crippen molar-refractivity contribution in [2.45, 2.75) is 13.0 Å². The quantitative estimate of drug-likeness (QED) is 0.649. The fourth-order valence-electron chi connectivity index (χ4n) is 1.43. The molecule has 1 unspecified atom stereocenters. The van der Waals surface area contributed by atoms with Crippen molar-refractivity contribution in [3.8, 4) is 0 Å². The molecule has 0 aliphatic carbocycles. The number of nitrogens with one attached hydrogen (secondary N) is 1. The topological polar surface area (TPSA) is 12.0 Å². The Bertz CT molecular complexity index is 294. The van der Waals surface area contributed by atoms with Gasteiger partial charge in [0.05, 0.1) is 0 Å². The van der Waals surface area contributed by atoms with Crippen molar-refractivity contribution in [3.05, 3.63) is 41.6 Å². The lowest BCUT2D eigenvalue weighted by Gasteiger charge is -2.19. The summed E-state index contributed by atoms with van der Waals surface area (Å²) in [7, 11) is 0. The predicted octanol–water partition coefficient (Wildman–Crippen LogP) is 2.74. The minimum absolute atomic E-state index is 0. The van der Waals surface area contributed by atoms with Gasteiger partial charge in [-0.25, -0.2) is 0 Å². The van der Waals surface area contributed by atoms with Gasteiger partial charge in [0.1, 0.15) is 0 Å². The highest BCUT2D eigenvalue weighted by atomic mass is 35.5. The molecule has 2 rings (SSSR count). The maximum Gasteiger partial charge on any atom is 0.0486 e. The van der Waals surface area contributed by atoms with Crippen molar-refractivity contribution in [1.29, 1.82) is 0 Å². The molecule has 0 saturated carbocycles. The van der Waals surface area contributed by atoms with Crippen LogP contribution in [0.4, 0.5) is 0 Å². The Balaban J connectivity index is 0.000000720. The van der Waals surface area contributed by atoms with Crippen molar-refractivity contribution < 1.29 is 0 Å². The molecule has 1 nitrogen and oxygen atoms in total. The zero-order chi connectivity index (χ0) is 7.68. The van der Waals surface area contributed by atoms with Crippen molar-refractivity contribution in [3.63, 3.8) is 0 Å². The van der Waals surface area contributed by atoms with Crippen LogP contribution in [0.3, 0.4) is 0 Å². The first kappa shape index (κ1) is 9.14. The van der Waals surface area contributed by atoms with E-state index in [-0.39, 0.29) is 12.4 Å². The Labute approximate surface area is 78.9 Å². The fourth-order valence-corrected chi connectivity index (χ4v) is 1.43. The molecule has 12 heavy (non-hydrogen) atoms. The van der Waals surface area contributed by atoms with Crippen LogP contribution in [0.25, 0.3) is 6.08 Å². The Kier molecular flexibility index (Phi) is 2.77. The molecule has 0 aromatic heterocycles. The molecular weight excluding hydrogens is 170 g/mol. The molecule has 1 aromatic carbocycles. The molecule has 1 aliphatic rings. The van der Waals surface area contributed by atoms with Gasteiger partial charge in [0.15, 0.2) is 0 Å². The van der Waals surface area contributed by atoms with Gasteiger partial charge >= 0.3 is 0 Å². The summed E-state index contributed by atoms with van der Waals surface area (Å²) in [6, 6.07) is 8.91. The summed E-state index contributed by atoms with van der Waals surface area (Å²) in [5.41, 5.74) is 2.72. The van der Waals surface area contributed by atoms with Crippen LogP contribution in [0, 0.1) is 0 Å². The summed E-state index contributed by atoms with van der Waals surface area (Å²) in [5.74, 6) is 0. The van der Waals surface area contributed by atoms with Gasteiger partial charge in [-0.15, -0.1) is 12.4 Å². The van der Waals surface area contributed by atoms with Crippen molar-refractivity contribution >= 4 is 18.5 Å². The molecule has 1 atom stereocenters. The highest BCUT2D eigenvalue weighted by Gasteiger charge is 2.09. The molecular formula is C10H12ClN. The van der Waals surface area contributed by atoms with Crippen LogP contribution in [-0.2, 0) is 0 Å². The van der Waals surface area contributed by atoms with Crippen molar-refractivity contribution in [2.24, 2.45) is 0 Å². The van der Waals surface area contributed by atoms with Crippen LogP contribution in [0.2, 0.25) is 0 Å². The molecule has 0 amide bonds. The summed E-state index contributed by atoms with van der Waals surface area (Å²) in [5, 5.41) is 3.26. The highest BCUT2D eigenvalue weighted by molar-refractivity contribution is 5.85. The van der Waals surface area contributed by atoms with Crippen LogP contribution in [-0.4, -0.2) is 0 Å². The number of benzene rings is 1. The molecule has 0 radical (unpaired) electrons. The summed E-state index contributed by atoms with van der Waals surface area (Å²) < 4.78 is 0. The summed E-state index contributed by atoms with van der Waals surface area (Å²) >= 11 is 0. The third-order valence-electron chi connectivity index (χ3n) is 2.07. The molecule has 64 valence electrons. The minimum Gasteiger partial charge on any atom is -0.384 e. The normalized spacial score (nSPS) is 18.9. The fraction of sp³-hybridized carbons (Fsp3) is 0.200. The van der Waals surface area contributed by atoms with Gasteiger partial charge < -0.3 is 5.32 Å². The zero-order valence-corrected chi connectivity index (χ0v) is 7.77. The predicted molar refractivity (Wildman–Crippen MR) is 54.3 cm³/mol. The van der Waals surface area contributed by atoms with E-state index >= 15 is 0 Å². The van der Waals surface area contributed by atoms with Gasteiger partial charge in [-0.2, -0.15) is 0 Å². The second kappa shape index (κ2) is 3.63. The van der Waals surface area contributed by atoms with E-state index in [1.807, 2.05) is 6.20 Å². The summed E-state index contributed by atoms with van der Waals surface area (Å²) in [4.78, 5) is 0. The first-order chi connectivity index (χ1) is 5.38. The maximum atomic E-state index is 3.26. The molecule has 0 bridgehead atoms. The Morgan fingerprint density at radius 3 is 2.75 bits per heavy atom. The van der Waals surface area contributed by atoms with E-state index in [1.54, 1.807) is 0 Å². The SMILES string of the molecule is CC1NC=Cc2ccccc21.Cl. The molecule has 0 fully saturated rings. The zero-order valence-electron chi connectivity index (χ0n) is 6.95. The minimum atomic E-state index is 0. The van der Waals surface area contributed by atoms with Gasteiger partial charge in [-0.3, -0.25) is 0 Å². The average Bonchev–Trinajstić information content (AvgIpc) is 2.06. The molecule has 1 aliphatic heterocycles. The smallest absolute Gasteiger partial charge is 0.0486 e. The van der Waals surface area contributed by atoms with E-state index in [9.17, 15) is 0 Å². The van der Waals surface area contributed by atoms with E-state index in [0.29, 0.717) is 6.04 Å². The van der Waals surface area contributed by atoms with Crippen molar-refractivity contribution in [1.82, 2.24) is 5.32 Å². The number of fused-ring (bicyclic) bond motifs is 1. The number of hydrogen-bond donors (Lipinski definition) is 1. The van der Waals surface area contributed by atoms with Crippen LogP contribution >= 0.6 is 12.4 Å². The average molecular weight is 182 g/mol. The Morgan fingerprint density at radius 1 is 1.25 bits per heavy atom. The van der Waals surface area contributed by atoms with Crippen LogP contribution in [0.15, 0.2) is 30.5 Å². The van der Waals surface area contributed by atoms with E-state index in [2.05, 4.69) is 42.6 Å². The molecule has 1 N–H and O–H groups in total. The monoisotopic (exact) mass is 181 g/mol. The van der Waals surface area contributed by atoms with Crippen molar-refractivity contribution in [2.75, 3.05) is 0 Å². The van der Waals surface area contributed by atoms with E-state index in [4.69, 9.17) is 0 Å². The lowest BCUT2D eigenvalue weighted by atomic mass is 9.99. The second-order valence-electron chi connectivity index (χ2n) is 2.85. The van der Waals surface area contributed by atoms with Gasteiger partial charge in [0, 0.05) is 6.04 Å². The van der Waals surface area contributed by atoms with Gasteiger partial charge in [0.2, 0.25) is 0 Å². The number of halogens is 1. The largest absolute Gasteiger partial charge is 0.384 e. The lowest BCUT2D eigenvalue weighted by Crippen LogP contribution is -2.15. The van der Waals surface area contributed by atoms with Crippen LogP contribution < -0.4 is 5.32 Å². The first-order valence-electron chi connectivity index (χ1n) is 3.89. The number of rotatable bonds is 0. The molecule has 0 spiro atoms. The van der Waals surface area contributed by atoms with E-state index in [0.717, 1.165) is 0 Å². The lowest BCUT2D eigenvalue weighted by molar-refractivity contribution is 0.679.